The number of para-hydroxylation sites is 1. The molecule has 1 spiro atoms. The van der Waals surface area contributed by atoms with Crippen molar-refractivity contribution in [3.05, 3.63) is 198 Å². The number of aromatic nitrogens is 3. The molecule has 0 radical (unpaired) electrons. The molecule has 55 heavy (non-hydrogen) atoms. The number of nitrogens with zero attached hydrogens (tertiary/aromatic N) is 3. The Labute approximate surface area is 320 Å². The van der Waals surface area contributed by atoms with Gasteiger partial charge in [-0.2, -0.15) is 0 Å². The first-order valence-electron chi connectivity index (χ1n) is 18.8. The van der Waals surface area contributed by atoms with Crippen LogP contribution in [-0.2, 0) is 5.41 Å². The van der Waals surface area contributed by atoms with Crippen molar-refractivity contribution >= 4 is 64.3 Å². The molecule has 0 saturated heterocycles. The van der Waals surface area contributed by atoms with Crippen molar-refractivity contribution in [3.63, 3.8) is 0 Å². The number of benzene rings is 8. The van der Waals surface area contributed by atoms with Gasteiger partial charge in [0, 0.05) is 26.4 Å². The van der Waals surface area contributed by atoms with Crippen LogP contribution in [0.4, 0.5) is 0 Å². The second-order valence-electron chi connectivity index (χ2n) is 14.9. The summed E-state index contributed by atoms with van der Waals surface area (Å²) in [6, 6.07) is 64.6. The first kappa shape index (κ1) is 29.6. The topological polar surface area (TPSA) is 30.7 Å². The monoisotopic (exact) mass is 715 g/mol. The number of fused-ring (bicyclic) bond motifs is 17. The molecule has 8 aromatic carbocycles. The minimum Gasteiger partial charge on any atom is -0.292 e. The Bertz CT molecular complexity index is 3390. The standard InChI is InChI=1S/C51H29N3S/c1-2-14-31-29-45-39(27-30(31)13-1)37-18-6-11-23-44(37)54(45)49-47(53-50-48(52-49)38-19-7-12-24-46(38)55-50)32-25-26-36-35-17-5-10-22-42(35)51(43(36)28-32)40-20-8-3-15-33(40)34-16-4-9-21-41(34)51/h1-29H. The van der Waals surface area contributed by atoms with E-state index in [4.69, 9.17) is 9.97 Å². The highest BCUT2D eigenvalue weighted by molar-refractivity contribution is 7.25. The molecule has 0 amide bonds. The molecule has 0 N–H and O–H groups in total. The van der Waals surface area contributed by atoms with Crippen molar-refractivity contribution in [1.29, 1.82) is 0 Å². The molecule has 0 unspecified atom stereocenters. The summed E-state index contributed by atoms with van der Waals surface area (Å²) in [4.78, 5) is 12.2. The fraction of sp³-hybridized carbons (Fsp3) is 0.0196. The highest BCUT2D eigenvalue weighted by Gasteiger charge is 2.51. The number of thiophene rings is 1. The van der Waals surface area contributed by atoms with E-state index in [1.165, 1.54) is 70.8 Å². The van der Waals surface area contributed by atoms with Crippen molar-refractivity contribution in [3.8, 4) is 39.3 Å². The van der Waals surface area contributed by atoms with Crippen LogP contribution in [0.15, 0.2) is 176 Å². The van der Waals surface area contributed by atoms with Gasteiger partial charge in [-0.3, -0.25) is 4.57 Å². The average molecular weight is 716 g/mol. The zero-order valence-electron chi connectivity index (χ0n) is 29.5. The summed E-state index contributed by atoms with van der Waals surface area (Å²) < 4.78 is 3.56. The maximum absolute atomic E-state index is 5.67. The van der Waals surface area contributed by atoms with Gasteiger partial charge in [-0.15, -0.1) is 11.3 Å². The lowest BCUT2D eigenvalue weighted by Crippen LogP contribution is -2.25. The van der Waals surface area contributed by atoms with Gasteiger partial charge in [0.25, 0.3) is 0 Å². The van der Waals surface area contributed by atoms with Gasteiger partial charge in [-0.25, -0.2) is 9.97 Å². The van der Waals surface area contributed by atoms with Crippen LogP contribution in [0, 0.1) is 0 Å². The Morgan fingerprint density at radius 3 is 1.75 bits per heavy atom. The second kappa shape index (κ2) is 10.6. The normalized spacial score (nSPS) is 13.6. The van der Waals surface area contributed by atoms with E-state index in [-0.39, 0.29) is 0 Å². The van der Waals surface area contributed by atoms with Crippen LogP contribution < -0.4 is 0 Å². The summed E-state index contributed by atoms with van der Waals surface area (Å²) in [6.45, 7) is 0. The molecule has 2 aliphatic rings. The maximum atomic E-state index is 5.67. The molecule has 0 bridgehead atoms. The number of rotatable bonds is 2. The molecule has 4 heteroatoms. The lowest BCUT2D eigenvalue weighted by Gasteiger charge is -2.30. The second-order valence-corrected chi connectivity index (χ2v) is 15.9. The number of hydrogen-bond acceptors (Lipinski definition) is 3. The van der Waals surface area contributed by atoms with Crippen molar-refractivity contribution in [2.75, 3.05) is 0 Å². The van der Waals surface area contributed by atoms with Gasteiger partial charge in [-0.05, 0) is 85.6 Å². The summed E-state index contributed by atoms with van der Waals surface area (Å²) in [5.41, 5.74) is 15.1. The molecule has 3 heterocycles. The Balaban J connectivity index is 1.16. The highest BCUT2D eigenvalue weighted by atomic mass is 32.1. The quantitative estimate of drug-likeness (QED) is 0.178. The van der Waals surface area contributed by atoms with Crippen LogP contribution in [-0.4, -0.2) is 14.5 Å². The lowest BCUT2D eigenvalue weighted by molar-refractivity contribution is 0.794. The van der Waals surface area contributed by atoms with Gasteiger partial charge >= 0.3 is 0 Å². The fourth-order valence-electron chi connectivity index (χ4n) is 9.99. The summed E-state index contributed by atoms with van der Waals surface area (Å²) in [7, 11) is 0. The lowest BCUT2D eigenvalue weighted by atomic mass is 9.70. The molecule has 13 rings (SSSR count). The minimum atomic E-state index is -0.448. The summed E-state index contributed by atoms with van der Waals surface area (Å²) in [5, 5.41) is 5.97. The van der Waals surface area contributed by atoms with E-state index >= 15 is 0 Å². The molecular formula is C51H29N3S. The van der Waals surface area contributed by atoms with Gasteiger partial charge < -0.3 is 0 Å². The van der Waals surface area contributed by atoms with E-state index < -0.39 is 5.41 Å². The molecular weight excluding hydrogens is 687 g/mol. The van der Waals surface area contributed by atoms with E-state index in [2.05, 4.69) is 180 Å². The molecule has 254 valence electrons. The maximum Gasteiger partial charge on any atom is 0.165 e. The molecule has 3 nitrogen and oxygen atoms in total. The van der Waals surface area contributed by atoms with Crippen LogP contribution in [0.3, 0.4) is 0 Å². The first-order valence-corrected chi connectivity index (χ1v) is 19.6. The van der Waals surface area contributed by atoms with Gasteiger partial charge in [0.1, 0.15) is 16.0 Å². The molecule has 0 fully saturated rings. The van der Waals surface area contributed by atoms with Crippen LogP contribution >= 0.6 is 11.3 Å². The summed E-state index contributed by atoms with van der Waals surface area (Å²) >= 11 is 1.72. The van der Waals surface area contributed by atoms with Crippen LogP contribution in [0.1, 0.15) is 22.3 Å². The van der Waals surface area contributed by atoms with Crippen molar-refractivity contribution in [1.82, 2.24) is 14.5 Å². The smallest absolute Gasteiger partial charge is 0.165 e. The fourth-order valence-corrected chi connectivity index (χ4v) is 11.0. The molecule has 0 aliphatic heterocycles. The molecule has 3 aromatic heterocycles. The van der Waals surface area contributed by atoms with E-state index in [1.54, 1.807) is 11.3 Å². The molecule has 2 aliphatic carbocycles. The van der Waals surface area contributed by atoms with Gasteiger partial charge in [0.15, 0.2) is 5.82 Å². The Hall–Kier alpha value is -6.88. The zero-order chi connectivity index (χ0) is 35.8. The third-order valence-corrected chi connectivity index (χ3v) is 13.3. The van der Waals surface area contributed by atoms with E-state index in [9.17, 15) is 0 Å². The van der Waals surface area contributed by atoms with Gasteiger partial charge in [-0.1, -0.05) is 146 Å². The van der Waals surface area contributed by atoms with Crippen LogP contribution in [0.2, 0.25) is 0 Å². The van der Waals surface area contributed by atoms with E-state index in [0.717, 1.165) is 43.8 Å². The van der Waals surface area contributed by atoms with E-state index in [0.29, 0.717) is 0 Å². The van der Waals surface area contributed by atoms with Gasteiger partial charge in [0.05, 0.1) is 16.4 Å². The highest BCUT2D eigenvalue weighted by Crippen LogP contribution is 2.63. The third-order valence-electron chi connectivity index (χ3n) is 12.2. The first-order chi connectivity index (χ1) is 27.3. The summed E-state index contributed by atoms with van der Waals surface area (Å²) in [5.74, 6) is 0.842. The molecule has 11 aromatic rings. The van der Waals surface area contributed by atoms with Crippen molar-refractivity contribution in [2.24, 2.45) is 0 Å². The van der Waals surface area contributed by atoms with Crippen molar-refractivity contribution < 1.29 is 0 Å². The minimum absolute atomic E-state index is 0.448. The third kappa shape index (κ3) is 3.74. The molecule has 0 saturated carbocycles. The van der Waals surface area contributed by atoms with Crippen LogP contribution in [0.25, 0.3) is 92.3 Å². The van der Waals surface area contributed by atoms with Crippen molar-refractivity contribution in [2.45, 2.75) is 5.41 Å². The SMILES string of the molecule is c1ccc2c(c1)-c1ccccc1C21c2ccccc2-c2ccc(-c3nc4sc5ccccc5c4nc3-n3c4ccccc4c4cc5ccccc5cc43)cc21. The Morgan fingerprint density at radius 2 is 1.02 bits per heavy atom. The largest absolute Gasteiger partial charge is 0.292 e. The average Bonchev–Trinajstić information content (AvgIpc) is 3.95. The summed E-state index contributed by atoms with van der Waals surface area (Å²) in [6.07, 6.45) is 0. The van der Waals surface area contributed by atoms with Crippen LogP contribution in [0.5, 0.6) is 0 Å². The predicted molar refractivity (Wildman–Crippen MR) is 228 cm³/mol. The van der Waals surface area contributed by atoms with Gasteiger partial charge in [0.2, 0.25) is 0 Å². The van der Waals surface area contributed by atoms with E-state index in [1.807, 2.05) is 0 Å². The Morgan fingerprint density at radius 1 is 0.436 bits per heavy atom. The predicted octanol–water partition coefficient (Wildman–Crippen LogP) is 13.1. The number of hydrogen-bond donors (Lipinski definition) is 0. The molecule has 0 atom stereocenters. The zero-order valence-corrected chi connectivity index (χ0v) is 30.3. The Kier molecular flexibility index (Phi) is 5.71.